The van der Waals surface area contributed by atoms with Gasteiger partial charge >= 0.3 is 0 Å². The Balaban J connectivity index is 2.31. The monoisotopic (exact) mass is 420 g/mol. The zero-order chi connectivity index (χ0) is 20.5. The number of benzene rings is 2. The molecule has 2 amide bonds. The van der Waals surface area contributed by atoms with Gasteiger partial charge in [-0.25, -0.2) is 0 Å². The van der Waals surface area contributed by atoms with Crippen molar-refractivity contribution >= 4 is 35.0 Å². The van der Waals surface area contributed by atoms with Gasteiger partial charge in [-0.15, -0.1) is 0 Å². The molecular formula is C22H26Cl2N2O2. The molecule has 4 nitrogen and oxygen atoms in total. The predicted octanol–water partition coefficient (Wildman–Crippen LogP) is 4.87. The molecule has 6 heteroatoms. The minimum atomic E-state index is -0.571. The van der Waals surface area contributed by atoms with E-state index in [1.165, 1.54) is 0 Å². The molecule has 0 aliphatic carbocycles. The Hall–Kier alpha value is -2.04. The van der Waals surface area contributed by atoms with Crippen LogP contribution >= 0.6 is 23.2 Å². The molecule has 2 aromatic rings. The number of nitrogens with one attached hydrogen (secondary N) is 1. The molecule has 0 aliphatic heterocycles. The highest BCUT2D eigenvalue weighted by Crippen LogP contribution is 2.22. The maximum Gasteiger partial charge on any atom is 0.242 e. The standard InChI is InChI=1S/C22H26Cl2N2O2/c1-3-13-25-22(28)20(4-2)26(15-17-10-6-8-12-19(17)24)21(27)14-16-9-5-7-11-18(16)23/h5-12,20H,3-4,13-15H2,1-2H3,(H,25,28)/t20-/m1/s1. The molecule has 2 rings (SSSR count). The van der Waals surface area contributed by atoms with E-state index in [-0.39, 0.29) is 24.8 Å². The predicted molar refractivity (Wildman–Crippen MR) is 115 cm³/mol. The van der Waals surface area contributed by atoms with Crippen molar-refractivity contribution in [2.75, 3.05) is 6.54 Å². The van der Waals surface area contributed by atoms with E-state index >= 15 is 0 Å². The maximum atomic E-state index is 13.2. The third-order valence-electron chi connectivity index (χ3n) is 4.53. The van der Waals surface area contributed by atoms with Crippen molar-refractivity contribution < 1.29 is 9.59 Å². The summed E-state index contributed by atoms with van der Waals surface area (Å²) in [5.74, 6) is -0.310. The van der Waals surface area contributed by atoms with Crippen LogP contribution in [0, 0.1) is 0 Å². The van der Waals surface area contributed by atoms with Crippen molar-refractivity contribution in [1.82, 2.24) is 10.2 Å². The maximum absolute atomic E-state index is 13.2. The van der Waals surface area contributed by atoms with Gasteiger partial charge in [-0.1, -0.05) is 73.4 Å². The minimum Gasteiger partial charge on any atom is -0.354 e. The highest BCUT2D eigenvalue weighted by atomic mass is 35.5. The quantitative estimate of drug-likeness (QED) is 0.628. The van der Waals surface area contributed by atoms with Crippen LogP contribution < -0.4 is 5.32 Å². The van der Waals surface area contributed by atoms with Crippen LogP contribution in [-0.4, -0.2) is 29.3 Å². The van der Waals surface area contributed by atoms with E-state index in [1.54, 1.807) is 17.0 Å². The number of hydrogen-bond acceptors (Lipinski definition) is 2. The van der Waals surface area contributed by atoms with Gasteiger partial charge in [0, 0.05) is 23.1 Å². The van der Waals surface area contributed by atoms with Gasteiger partial charge in [0.15, 0.2) is 0 Å². The van der Waals surface area contributed by atoms with Crippen LogP contribution in [0.15, 0.2) is 48.5 Å². The molecule has 0 saturated carbocycles. The number of carbonyl (C=O) groups is 2. The van der Waals surface area contributed by atoms with Crippen LogP contribution in [0.2, 0.25) is 10.0 Å². The lowest BCUT2D eigenvalue weighted by Crippen LogP contribution is -2.49. The fourth-order valence-electron chi connectivity index (χ4n) is 3.00. The van der Waals surface area contributed by atoms with Crippen LogP contribution in [0.5, 0.6) is 0 Å². The summed E-state index contributed by atoms with van der Waals surface area (Å²) in [6.45, 7) is 4.73. The number of nitrogens with zero attached hydrogens (tertiary/aromatic N) is 1. The van der Waals surface area contributed by atoms with E-state index in [9.17, 15) is 9.59 Å². The van der Waals surface area contributed by atoms with Gasteiger partial charge < -0.3 is 10.2 Å². The molecule has 0 unspecified atom stereocenters. The summed E-state index contributed by atoms with van der Waals surface area (Å²) in [6, 6.07) is 14.0. The average Bonchev–Trinajstić information content (AvgIpc) is 2.69. The minimum absolute atomic E-state index is 0.127. The van der Waals surface area contributed by atoms with Crippen LogP contribution in [0.25, 0.3) is 0 Å². The molecule has 0 heterocycles. The summed E-state index contributed by atoms with van der Waals surface area (Å²) in [7, 11) is 0. The Morgan fingerprint density at radius 3 is 2.07 bits per heavy atom. The van der Waals surface area contributed by atoms with Crippen LogP contribution in [0.4, 0.5) is 0 Å². The molecule has 0 saturated heterocycles. The molecule has 0 bridgehead atoms. The molecule has 0 aromatic heterocycles. The SMILES string of the molecule is CCCNC(=O)[C@@H](CC)N(Cc1ccccc1Cl)C(=O)Cc1ccccc1Cl. The molecule has 150 valence electrons. The molecule has 0 fully saturated rings. The van der Waals surface area contributed by atoms with Gasteiger partial charge in [0.05, 0.1) is 6.42 Å². The van der Waals surface area contributed by atoms with Crippen molar-refractivity contribution in [2.24, 2.45) is 0 Å². The van der Waals surface area contributed by atoms with E-state index in [4.69, 9.17) is 23.2 Å². The van der Waals surface area contributed by atoms with Gasteiger partial charge in [-0.05, 0) is 36.1 Å². The number of rotatable bonds is 9. The molecule has 0 spiro atoms. The summed E-state index contributed by atoms with van der Waals surface area (Å²) in [5, 5.41) is 4.01. The number of carbonyl (C=O) groups excluding carboxylic acids is 2. The lowest BCUT2D eigenvalue weighted by atomic mass is 10.1. The molecule has 0 radical (unpaired) electrons. The van der Waals surface area contributed by atoms with E-state index in [2.05, 4.69) is 5.32 Å². The van der Waals surface area contributed by atoms with Gasteiger partial charge in [-0.3, -0.25) is 9.59 Å². The summed E-state index contributed by atoms with van der Waals surface area (Å²) >= 11 is 12.5. The van der Waals surface area contributed by atoms with Crippen LogP contribution in [-0.2, 0) is 22.6 Å². The first-order chi connectivity index (χ1) is 13.5. The van der Waals surface area contributed by atoms with Gasteiger partial charge in [0.2, 0.25) is 11.8 Å². The topological polar surface area (TPSA) is 49.4 Å². The van der Waals surface area contributed by atoms with Crippen molar-refractivity contribution in [3.8, 4) is 0 Å². The largest absolute Gasteiger partial charge is 0.354 e. The fraction of sp³-hybridized carbons (Fsp3) is 0.364. The van der Waals surface area contributed by atoms with Crippen molar-refractivity contribution in [3.63, 3.8) is 0 Å². The average molecular weight is 421 g/mol. The van der Waals surface area contributed by atoms with Crippen LogP contribution in [0.1, 0.15) is 37.8 Å². The normalized spacial score (nSPS) is 11.7. The fourth-order valence-corrected chi connectivity index (χ4v) is 3.40. The van der Waals surface area contributed by atoms with Gasteiger partial charge in [-0.2, -0.15) is 0 Å². The molecule has 1 N–H and O–H groups in total. The third kappa shape index (κ3) is 5.98. The Kier molecular flexibility index (Phi) is 8.81. The van der Waals surface area contributed by atoms with E-state index in [0.717, 1.165) is 17.5 Å². The van der Waals surface area contributed by atoms with Crippen molar-refractivity contribution in [1.29, 1.82) is 0 Å². The number of halogens is 2. The van der Waals surface area contributed by atoms with Gasteiger partial charge in [0.1, 0.15) is 6.04 Å². The molecule has 1 atom stereocenters. The van der Waals surface area contributed by atoms with E-state index in [1.807, 2.05) is 50.2 Å². The van der Waals surface area contributed by atoms with E-state index < -0.39 is 6.04 Å². The summed E-state index contributed by atoms with van der Waals surface area (Å²) in [4.78, 5) is 27.5. The first-order valence-corrected chi connectivity index (χ1v) is 10.3. The second kappa shape index (κ2) is 11.1. The molecule has 28 heavy (non-hydrogen) atoms. The van der Waals surface area contributed by atoms with Crippen LogP contribution in [0.3, 0.4) is 0 Å². The zero-order valence-electron chi connectivity index (χ0n) is 16.3. The molecule has 2 aromatic carbocycles. The highest BCUT2D eigenvalue weighted by molar-refractivity contribution is 6.31. The second-order valence-electron chi connectivity index (χ2n) is 6.60. The lowest BCUT2D eigenvalue weighted by molar-refractivity contribution is -0.140. The second-order valence-corrected chi connectivity index (χ2v) is 7.41. The van der Waals surface area contributed by atoms with Crippen molar-refractivity contribution in [2.45, 2.75) is 45.7 Å². The molecule has 0 aliphatic rings. The third-order valence-corrected chi connectivity index (χ3v) is 5.27. The first-order valence-electron chi connectivity index (χ1n) is 9.51. The number of amides is 2. The Labute approximate surface area is 176 Å². The smallest absolute Gasteiger partial charge is 0.242 e. The highest BCUT2D eigenvalue weighted by Gasteiger charge is 2.29. The summed E-state index contributed by atoms with van der Waals surface area (Å²) in [5.41, 5.74) is 1.54. The Morgan fingerprint density at radius 1 is 0.964 bits per heavy atom. The lowest BCUT2D eigenvalue weighted by Gasteiger charge is -2.31. The summed E-state index contributed by atoms with van der Waals surface area (Å²) in [6.07, 6.45) is 1.47. The summed E-state index contributed by atoms with van der Waals surface area (Å²) < 4.78 is 0. The Bertz CT molecular complexity index is 811. The van der Waals surface area contributed by atoms with E-state index in [0.29, 0.717) is 23.0 Å². The zero-order valence-corrected chi connectivity index (χ0v) is 17.8. The number of hydrogen-bond donors (Lipinski definition) is 1. The Morgan fingerprint density at radius 2 is 1.54 bits per heavy atom. The molecular weight excluding hydrogens is 395 g/mol. The van der Waals surface area contributed by atoms with Crippen molar-refractivity contribution in [3.05, 3.63) is 69.7 Å². The first kappa shape index (κ1) is 22.3. The van der Waals surface area contributed by atoms with Gasteiger partial charge in [0.25, 0.3) is 0 Å².